The molecule has 11 nitrogen and oxygen atoms in total. The molecule has 0 spiro atoms. The summed E-state index contributed by atoms with van der Waals surface area (Å²) < 4.78 is 62.8. The third kappa shape index (κ3) is 7.41. The van der Waals surface area contributed by atoms with Gasteiger partial charge in [0.15, 0.2) is 5.79 Å². The van der Waals surface area contributed by atoms with E-state index in [0.29, 0.717) is 29.5 Å². The number of hydrogen-bond acceptors (Lipinski definition) is 9. The maximum atomic E-state index is 12.6. The number of halogens is 3. The average Bonchev–Trinajstić information content (AvgIpc) is 3.84. The molecular weight excluding hydrogens is 687 g/mol. The Morgan fingerprint density at radius 2 is 1.83 bits per heavy atom. The third-order valence-electron chi connectivity index (χ3n) is 11.3. The minimum absolute atomic E-state index is 0.0293. The van der Waals surface area contributed by atoms with Gasteiger partial charge in [-0.2, -0.15) is 0 Å². The van der Waals surface area contributed by atoms with Crippen LogP contribution in [0.4, 0.5) is 19.0 Å². The van der Waals surface area contributed by atoms with Gasteiger partial charge in [0.05, 0.1) is 35.7 Å². The number of hydrogen-bond donors (Lipinski definition) is 2. The van der Waals surface area contributed by atoms with E-state index in [2.05, 4.69) is 66.8 Å². The van der Waals surface area contributed by atoms with Gasteiger partial charge in [0.1, 0.15) is 41.2 Å². The smallest absolute Gasteiger partial charge is 0.497 e. The monoisotopic (exact) mass is 733 g/mol. The summed E-state index contributed by atoms with van der Waals surface area (Å²) in [4.78, 5) is 19.6. The number of nitrogens with zero attached hydrogens (tertiary/aromatic N) is 5. The molecule has 53 heavy (non-hydrogen) atoms. The molecule has 4 atom stereocenters. The van der Waals surface area contributed by atoms with Gasteiger partial charge in [0.25, 0.3) is 0 Å². The van der Waals surface area contributed by atoms with Crippen molar-refractivity contribution in [1.82, 2.24) is 29.4 Å². The van der Waals surface area contributed by atoms with E-state index < -0.39 is 12.1 Å². The highest BCUT2D eigenvalue weighted by Crippen LogP contribution is 2.48. The van der Waals surface area contributed by atoms with Crippen LogP contribution < -0.4 is 14.8 Å². The number of benzene rings is 2. The standard InChI is InChI=1S/C39H46F3N7O4/c1-22-14-27(50-5)8-7-24(22)19-43-36-29-12-13-49(37(29)45-21-44-36)32-17-25(34-35(32)53-38(2,3)52-34)20-48(4)26-15-23(16-26)6-11-33-46-30-10-9-28(18-31(30)47-33)51-39(40,41)42/h7-10,12-14,18,21,23,25-26,32,34-35H,6,11,15-17,19-20H2,1-5H3,(H,46,47)(H,43,44,45)/t23?,25-,26?,32-,34-,35+/m1/s1. The topological polar surface area (TPSA) is 112 Å². The molecule has 5 aromatic rings. The quantitative estimate of drug-likeness (QED) is 0.134. The van der Waals surface area contributed by atoms with Gasteiger partial charge in [-0.15, -0.1) is 13.2 Å². The van der Waals surface area contributed by atoms with Crippen LogP contribution in [0.15, 0.2) is 55.0 Å². The first-order chi connectivity index (χ1) is 25.3. The Morgan fingerprint density at radius 3 is 2.60 bits per heavy atom. The summed E-state index contributed by atoms with van der Waals surface area (Å²) in [6.45, 7) is 7.61. The Kier molecular flexibility index (Phi) is 9.26. The summed E-state index contributed by atoms with van der Waals surface area (Å²) in [6, 6.07) is 12.9. The molecule has 0 bridgehead atoms. The average molecular weight is 734 g/mol. The number of methoxy groups -OCH3 is 1. The summed E-state index contributed by atoms with van der Waals surface area (Å²) >= 11 is 0. The maximum Gasteiger partial charge on any atom is 0.573 e. The third-order valence-corrected chi connectivity index (χ3v) is 11.3. The lowest BCUT2D eigenvalue weighted by Gasteiger charge is -2.42. The number of aromatic amines is 1. The molecule has 1 aliphatic heterocycles. The Morgan fingerprint density at radius 1 is 1.04 bits per heavy atom. The van der Waals surface area contributed by atoms with Gasteiger partial charge in [0.2, 0.25) is 0 Å². The van der Waals surface area contributed by atoms with Gasteiger partial charge in [-0.3, -0.25) is 0 Å². The van der Waals surface area contributed by atoms with E-state index >= 15 is 0 Å². The number of aryl methyl sites for hydroxylation is 2. The molecule has 282 valence electrons. The van der Waals surface area contributed by atoms with Crippen LogP contribution in [-0.4, -0.2) is 80.5 Å². The van der Waals surface area contributed by atoms with Crippen molar-refractivity contribution < 1.29 is 32.1 Å². The fraction of sp³-hybridized carbons (Fsp3) is 0.513. The van der Waals surface area contributed by atoms with E-state index in [9.17, 15) is 13.2 Å². The van der Waals surface area contributed by atoms with Crippen molar-refractivity contribution in [2.24, 2.45) is 11.8 Å². The summed E-state index contributed by atoms with van der Waals surface area (Å²) in [5, 5.41) is 4.50. The zero-order valence-electron chi connectivity index (χ0n) is 30.6. The molecule has 14 heteroatoms. The summed E-state index contributed by atoms with van der Waals surface area (Å²) in [7, 11) is 3.89. The van der Waals surface area contributed by atoms with Crippen molar-refractivity contribution >= 4 is 27.9 Å². The van der Waals surface area contributed by atoms with Gasteiger partial charge in [-0.05, 0) is 101 Å². The number of ether oxygens (including phenoxy) is 4. The van der Waals surface area contributed by atoms with Crippen LogP contribution >= 0.6 is 0 Å². The molecule has 0 amide bonds. The summed E-state index contributed by atoms with van der Waals surface area (Å²) in [5.41, 5.74) is 4.37. The normalized spacial score (nSPS) is 25.2. The van der Waals surface area contributed by atoms with Crippen LogP contribution in [0.5, 0.6) is 11.5 Å². The zero-order valence-corrected chi connectivity index (χ0v) is 30.6. The SMILES string of the molecule is COc1ccc(CNc2ncnc3c2ccn3[C@@H]2C[C@H](CN(C)C3CC(CCc4nc5ccc(OC(F)(F)F)cc5[nH]4)C3)[C@H]3OC(C)(C)O[C@H]32)c(C)c1. The van der Waals surface area contributed by atoms with Crippen LogP contribution in [-0.2, 0) is 22.4 Å². The lowest BCUT2D eigenvalue weighted by atomic mass is 9.76. The van der Waals surface area contributed by atoms with Gasteiger partial charge < -0.3 is 38.7 Å². The highest BCUT2D eigenvalue weighted by molar-refractivity contribution is 5.87. The Bertz CT molecular complexity index is 2090. The van der Waals surface area contributed by atoms with Gasteiger partial charge in [0, 0.05) is 43.7 Å². The lowest BCUT2D eigenvalue weighted by Crippen LogP contribution is -2.46. The Labute approximate surface area is 306 Å². The highest BCUT2D eigenvalue weighted by atomic mass is 19.4. The van der Waals surface area contributed by atoms with Crippen molar-refractivity contribution in [2.45, 2.75) is 95.9 Å². The molecule has 4 heterocycles. The molecule has 8 rings (SSSR count). The largest absolute Gasteiger partial charge is 0.573 e. The molecule has 3 aliphatic rings. The number of aromatic nitrogens is 5. The van der Waals surface area contributed by atoms with Gasteiger partial charge in [-0.25, -0.2) is 15.0 Å². The fourth-order valence-corrected chi connectivity index (χ4v) is 8.57. The van der Waals surface area contributed by atoms with Crippen molar-refractivity contribution in [3.8, 4) is 11.5 Å². The number of H-pyrrole nitrogens is 1. The molecule has 3 fully saturated rings. The van der Waals surface area contributed by atoms with E-state index in [1.165, 1.54) is 17.7 Å². The molecule has 2 aliphatic carbocycles. The molecule has 2 N–H and O–H groups in total. The second-order valence-electron chi connectivity index (χ2n) is 15.3. The van der Waals surface area contributed by atoms with Crippen molar-refractivity contribution in [3.63, 3.8) is 0 Å². The Balaban J connectivity index is 0.889. The number of nitrogens with one attached hydrogen (secondary N) is 2. The van der Waals surface area contributed by atoms with Crippen molar-refractivity contribution in [2.75, 3.05) is 26.0 Å². The van der Waals surface area contributed by atoms with Crippen LogP contribution in [0.3, 0.4) is 0 Å². The maximum absolute atomic E-state index is 12.6. The second-order valence-corrected chi connectivity index (χ2v) is 15.3. The number of imidazole rings is 1. The molecule has 0 unspecified atom stereocenters. The van der Waals surface area contributed by atoms with Gasteiger partial charge >= 0.3 is 6.36 Å². The number of anilines is 1. The first kappa shape index (κ1) is 35.6. The van der Waals surface area contributed by atoms with Gasteiger partial charge in [-0.1, -0.05) is 6.07 Å². The van der Waals surface area contributed by atoms with Crippen molar-refractivity contribution in [3.05, 3.63) is 71.9 Å². The van der Waals surface area contributed by atoms with E-state index in [1.807, 2.05) is 26.0 Å². The first-order valence-electron chi connectivity index (χ1n) is 18.3. The number of alkyl halides is 3. The molecule has 2 saturated carbocycles. The zero-order chi connectivity index (χ0) is 37.1. The molecular formula is C39H46F3N7O4. The minimum Gasteiger partial charge on any atom is -0.497 e. The van der Waals surface area contributed by atoms with Crippen molar-refractivity contribution in [1.29, 1.82) is 0 Å². The van der Waals surface area contributed by atoms with Crippen LogP contribution in [0, 0.1) is 18.8 Å². The van der Waals surface area contributed by atoms with Crippen LogP contribution in [0.1, 0.15) is 62.5 Å². The first-order valence-corrected chi connectivity index (χ1v) is 18.3. The molecule has 2 aromatic carbocycles. The number of rotatable bonds is 12. The molecule has 3 aromatic heterocycles. The summed E-state index contributed by atoms with van der Waals surface area (Å²) in [6.07, 6.45) is 3.70. The summed E-state index contributed by atoms with van der Waals surface area (Å²) in [5.74, 6) is 2.34. The molecule has 1 saturated heterocycles. The lowest BCUT2D eigenvalue weighted by molar-refractivity contribution is -0.274. The number of fused-ring (bicyclic) bond motifs is 3. The van der Waals surface area contributed by atoms with E-state index in [1.54, 1.807) is 19.5 Å². The van der Waals surface area contributed by atoms with E-state index in [4.69, 9.17) is 19.2 Å². The molecule has 0 radical (unpaired) electrons. The van der Waals surface area contributed by atoms with Crippen LogP contribution in [0.25, 0.3) is 22.1 Å². The fourth-order valence-electron chi connectivity index (χ4n) is 8.57. The second kappa shape index (κ2) is 13.8. The predicted octanol–water partition coefficient (Wildman–Crippen LogP) is 7.56. The van der Waals surface area contributed by atoms with E-state index in [0.717, 1.165) is 72.6 Å². The minimum atomic E-state index is -4.73. The predicted molar refractivity (Wildman–Crippen MR) is 194 cm³/mol. The van der Waals surface area contributed by atoms with E-state index in [-0.39, 0.29) is 29.9 Å². The van der Waals surface area contributed by atoms with Crippen LogP contribution in [0.2, 0.25) is 0 Å². The highest BCUT2D eigenvalue weighted by Gasteiger charge is 2.55. The Hall–Kier alpha value is -4.40.